The number of hydrogen-bond donors (Lipinski definition) is 1. The number of hydrogen-bond acceptors (Lipinski definition) is 3. The van der Waals surface area contributed by atoms with Gasteiger partial charge < -0.3 is 9.47 Å². The fourth-order valence-electron chi connectivity index (χ4n) is 1.93. The maximum Gasteiger partial charge on any atom is 0.270 e. The number of aromatic nitrogens is 1. The van der Waals surface area contributed by atoms with Gasteiger partial charge in [-0.3, -0.25) is 4.79 Å². The predicted molar refractivity (Wildman–Crippen MR) is 73.2 cm³/mol. The molecular weight excluding hydrogens is 266 g/mol. The maximum atomic E-state index is 12.4. The highest BCUT2D eigenvalue weighted by molar-refractivity contribution is 7.89. The number of nitrogens with zero attached hydrogens (tertiary/aromatic N) is 2. The van der Waals surface area contributed by atoms with Crippen LogP contribution < -0.4 is 5.14 Å². The van der Waals surface area contributed by atoms with E-state index in [9.17, 15) is 13.2 Å². The normalized spacial score (nSPS) is 13.3. The molecule has 0 aliphatic rings. The minimum atomic E-state index is -3.79. The fourth-order valence-corrected chi connectivity index (χ4v) is 2.51. The molecule has 2 N–H and O–H groups in total. The zero-order valence-corrected chi connectivity index (χ0v) is 12.6. The van der Waals surface area contributed by atoms with Gasteiger partial charge in [-0.05, 0) is 26.3 Å². The van der Waals surface area contributed by atoms with Crippen molar-refractivity contribution < 1.29 is 13.2 Å². The van der Waals surface area contributed by atoms with E-state index in [4.69, 9.17) is 5.14 Å². The lowest BCUT2D eigenvalue weighted by atomic mass is 10.2. The van der Waals surface area contributed by atoms with Crippen molar-refractivity contribution in [3.63, 3.8) is 0 Å². The Hall–Kier alpha value is -1.34. The van der Waals surface area contributed by atoms with Gasteiger partial charge in [-0.2, -0.15) is 0 Å². The Morgan fingerprint density at radius 3 is 2.42 bits per heavy atom. The Balaban J connectivity index is 3.16. The number of amides is 1. The molecule has 19 heavy (non-hydrogen) atoms. The monoisotopic (exact) mass is 287 g/mol. The van der Waals surface area contributed by atoms with Gasteiger partial charge in [-0.15, -0.1) is 0 Å². The molecule has 108 valence electrons. The second kappa shape index (κ2) is 5.75. The minimum Gasteiger partial charge on any atom is -0.345 e. The van der Waals surface area contributed by atoms with Crippen molar-refractivity contribution in [1.82, 2.24) is 9.47 Å². The molecule has 1 amide bonds. The molecule has 0 bridgehead atoms. The Kier molecular flexibility index (Phi) is 4.75. The van der Waals surface area contributed by atoms with Crippen LogP contribution >= 0.6 is 0 Å². The van der Waals surface area contributed by atoms with Gasteiger partial charge in [-0.25, -0.2) is 13.6 Å². The Bertz CT molecular complexity index is 563. The number of carbonyl (C=O) groups is 1. The van der Waals surface area contributed by atoms with Crippen molar-refractivity contribution in [1.29, 1.82) is 0 Å². The predicted octanol–water partition coefficient (Wildman–Crippen LogP) is 0.933. The summed E-state index contributed by atoms with van der Waals surface area (Å²) in [6, 6.07) is 1.42. The third kappa shape index (κ3) is 3.36. The zero-order valence-electron chi connectivity index (χ0n) is 11.8. The molecular formula is C12H21N3O3S. The van der Waals surface area contributed by atoms with Gasteiger partial charge in [-0.1, -0.05) is 6.92 Å². The minimum absolute atomic E-state index is 0.0430. The summed E-state index contributed by atoms with van der Waals surface area (Å²) >= 11 is 0. The SMILES string of the molecule is CCC(C)N(CC)C(=O)c1cc(S(N)(=O)=O)cn1C. The number of aryl methyl sites for hydroxylation is 1. The van der Waals surface area contributed by atoms with E-state index in [1.807, 2.05) is 20.8 Å². The number of nitrogens with two attached hydrogens (primary N) is 1. The molecule has 0 aliphatic heterocycles. The summed E-state index contributed by atoms with van der Waals surface area (Å²) in [6.45, 7) is 6.43. The van der Waals surface area contributed by atoms with E-state index in [2.05, 4.69) is 0 Å². The van der Waals surface area contributed by atoms with Gasteiger partial charge in [0.2, 0.25) is 10.0 Å². The van der Waals surface area contributed by atoms with E-state index in [1.165, 1.54) is 16.8 Å². The molecule has 1 unspecified atom stereocenters. The summed E-state index contributed by atoms with van der Waals surface area (Å²) in [5, 5.41) is 5.07. The molecule has 7 heteroatoms. The van der Waals surface area contributed by atoms with Crippen LogP contribution in [0.15, 0.2) is 17.2 Å². The van der Waals surface area contributed by atoms with Crippen LogP contribution in [0.1, 0.15) is 37.7 Å². The summed E-state index contributed by atoms with van der Waals surface area (Å²) < 4.78 is 24.1. The highest BCUT2D eigenvalue weighted by Crippen LogP contribution is 2.16. The molecule has 0 aromatic carbocycles. The quantitative estimate of drug-likeness (QED) is 0.874. The summed E-state index contributed by atoms with van der Waals surface area (Å²) in [5.74, 6) is -0.186. The van der Waals surface area contributed by atoms with Crippen LogP contribution in [0.2, 0.25) is 0 Å². The molecule has 1 heterocycles. The summed E-state index contributed by atoms with van der Waals surface area (Å²) in [4.78, 5) is 14.1. The second-order valence-electron chi connectivity index (χ2n) is 4.57. The van der Waals surface area contributed by atoms with E-state index < -0.39 is 10.0 Å². The first-order valence-corrected chi connectivity index (χ1v) is 7.77. The van der Waals surface area contributed by atoms with E-state index in [1.54, 1.807) is 11.9 Å². The van der Waals surface area contributed by atoms with Gasteiger partial charge in [0.1, 0.15) is 10.6 Å². The van der Waals surface area contributed by atoms with Gasteiger partial charge in [0.15, 0.2) is 0 Å². The number of primary sulfonamides is 1. The van der Waals surface area contributed by atoms with Crippen molar-refractivity contribution >= 4 is 15.9 Å². The van der Waals surface area contributed by atoms with Crippen LogP contribution in [0, 0.1) is 0 Å². The smallest absolute Gasteiger partial charge is 0.270 e. The first kappa shape index (κ1) is 15.7. The molecule has 1 aromatic rings. The molecule has 1 atom stereocenters. The standard InChI is InChI=1S/C12H21N3O3S/c1-5-9(3)15(6-2)12(16)11-7-10(8-14(11)4)19(13,17)18/h7-9H,5-6H2,1-4H3,(H2,13,17,18). The summed E-state index contributed by atoms with van der Waals surface area (Å²) in [5.41, 5.74) is 0.325. The maximum absolute atomic E-state index is 12.4. The van der Waals surface area contributed by atoms with E-state index in [0.717, 1.165) is 6.42 Å². The van der Waals surface area contributed by atoms with Crippen LogP contribution in [0.5, 0.6) is 0 Å². The molecule has 1 aromatic heterocycles. The molecule has 0 saturated heterocycles. The van der Waals surface area contributed by atoms with Crippen molar-refractivity contribution in [2.75, 3.05) is 6.54 Å². The number of carbonyl (C=O) groups excluding carboxylic acids is 1. The highest BCUT2D eigenvalue weighted by Gasteiger charge is 2.23. The zero-order chi connectivity index (χ0) is 14.8. The van der Waals surface area contributed by atoms with Crippen LogP contribution in [-0.2, 0) is 17.1 Å². The molecule has 0 aliphatic carbocycles. The topological polar surface area (TPSA) is 85.4 Å². The van der Waals surface area contributed by atoms with Crippen molar-refractivity contribution in [3.8, 4) is 0 Å². The number of sulfonamides is 1. The average Bonchev–Trinajstić information content (AvgIpc) is 2.71. The van der Waals surface area contributed by atoms with Crippen LogP contribution in [-0.4, -0.2) is 36.4 Å². The molecule has 0 spiro atoms. The second-order valence-corrected chi connectivity index (χ2v) is 6.13. The lowest BCUT2D eigenvalue weighted by Gasteiger charge is -2.27. The van der Waals surface area contributed by atoms with Crippen molar-refractivity contribution in [2.45, 2.75) is 38.1 Å². The van der Waals surface area contributed by atoms with Gasteiger partial charge >= 0.3 is 0 Å². The average molecular weight is 287 g/mol. The molecule has 1 rings (SSSR count). The van der Waals surface area contributed by atoms with Crippen LogP contribution in [0.3, 0.4) is 0 Å². The highest BCUT2D eigenvalue weighted by atomic mass is 32.2. The third-order valence-electron chi connectivity index (χ3n) is 3.25. The van der Waals surface area contributed by atoms with Gasteiger partial charge in [0, 0.05) is 25.8 Å². The Labute approximate surface area is 114 Å². The first-order valence-electron chi connectivity index (χ1n) is 6.22. The van der Waals surface area contributed by atoms with Crippen molar-refractivity contribution in [2.24, 2.45) is 12.2 Å². The van der Waals surface area contributed by atoms with Gasteiger partial charge in [0.25, 0.3) is 5.91 Å². The van der Waals surface area contributed by atoms with E-state index in [-0.39, 0.29) is 16.8 Å². The molecule has 0 fully saturated rings. The first-order chi connectivity index (χ1) is 8.72. The van der Waals surface area contributed by atoms with Gasteiger partial charge in [0.05, 0.1) is 0 Å². The van der Waals surface area contributed by atoms with Crippen LogP contribution in [0.25, 0.3) is 0 Å². The van der Waals surface area contributed by atoms with Crippen molar-refractivity contribution in [3.05, 3.63) is 18.0 Å². The number of rotatable bonds is 5. The lowest BCUT2D eigenvalue weighted by Crippen LogP contribution is -2.38. The molecule has 0 radical (unpaired) electrons. The van der Waals surface area contributed by atoms with E-state index in [0.29, 0.717) is 12.2 Å². The van der Waals surface area contributed by atoms with E-state index >= 15 is 0 Å². The summed E-state index contributed by atoms with van der Waals surface area (Å²) in [6.07, 6.45) is 2.19. The Morgan fingerprint density at radius 1 is 1.47 bits per heavy atom. The van der Waals surface area contributed by atoms with Crippen LogP contribution in [0.4, 0.5) is 0 Å². The molecule has 6 nitrogen and oxygen atoms in total. The lowest BCUT2D eigenvalue weighted by molar-refractivity contribution is 0.0690. The fraction of sp³-hybridized carbons (Fsp3) is 0.583. The third-order valence-corrected chi connectivity index (χ3v) is 4.13. The summed E-state index contributed by atoms with van der Waals surface area (Å²) in [7, 11) is -2.16. The Morgan fingerprint density at radius 2 is 2.05 bits per heavy atom. The molecule has 0 saturated carbocycles. The largest absolute Gasteiger partial charge is 0.345 e.